The van der Waals surface area contributed by atoms with E-state index in [1.54, 1.807) is 0 Å². The van der Waals surface area contributed by atoms with Gasteiger partial charge in [0.1, 0.15) is 0 Å². The van der Waals surface area contributed by atoms with Gasteiger partial charge in [-0.25, -0.2) is 0 Å². The molecule has 2 aromatic rings. The Morgan fingerprint density at radius 3 is 1.82 bits per heavy atom. The third kappa shape index (κ3) is 4.69. The molecule has 1 unspecified atom stereocenters. The summed E-state index contributed by atoms with van der Waals surface area (Å²) < 4.78 is 0. The Kier molecular flexibility index (Phi) is 6.17. The molecule has 0 N–H and O–H groups in total. The van der Waals surface area contributed by atoms with Crippen LogP contribution in [0, 0.1) is 5.92 Å². The quantitative estimate of drug-likeness (QED) is 0.771. The van der Waals surface area contributed by atoms with Crippen LogP contribution in [0.3, 0.4) is 0 Å². The highest BCUT2D eigenvalue weighted by Gasteiger charge is 2.26. The van der Waals surface area contributed by atoms with Crippen molar-refractivity contribution in [2.24, 2.45) is 0 Å². The number of nitrogens with zero attached hydrogens (tertiary/aromatic N) is 2. The van der Waals surface area contributed by atoms with Gasteiger partial charge in [-0.15, -0.1) is 0 Å². The molecule has 0 aliphatic heterocycles. The lowest BCUT2D eigenvalue weighted by Gasteiger charge is -2.31. The van der Waals surface area contributed by atoms with Crippen LogP contribution in [0.4, 0.5) is 0 Å². The second-order valence-corrected chi connectivity index (χ2v) is 6.35. The summed E-state index contributed by atoms with van der Waals surface area (Å²) in [7, 11) is 8.57. The van der Waals surface area contributed by atoms with Crippen LogP contribution in [-0.2, 0) is 0 Å². The maximum Gasteiger partial charge on any atom is 0.0276 e. The van der Waals surface area contributed by atoms with Gasteiger partial charge in [-0.2, -0.15) is 0 Å². The van der Waals surface area contributed by atoms with Crippen LogP contribution in [0.2, 0.25) is 0 Å². The Bertz CT molecular complexity index is 483. The molecule has 117 valence electrons. The average Bonchev–Trinajstić information content (AvgIpc) is 2.52. The highest BCUT2D eigenvalue weighted by atomic mass is 15.1. The topological polar surface area (TPSA) is 6.48 Å². The van der Waals surface area contributed by atoms with E-state index in [2.05, 4.69) is 98.7 Å². The zero-order valence-corrected chi connectivity index (χ0v) is 14.2. The van der Waals surface area contributed by atoms with E-state index in [9.17, 15) is 0 Å². The molecule has 0 aromatic heterocycles. The lowest BCUT2D eigenvalue weighted by molar-refractivity contribution is 0.351. The van der Waals surface area contributed by atoms with Crippen molar-refractivity contribution in [3.63, 3.8) is 0 Å². The van der Waals surface area contributed by atoms with Crippen LogP contribution < -0.4 is 0 Å². The second-order valence-electron chi connectivity index (χ2n) is 6.35. The van der Waals surface area contributed by atoms with Crippen LogP contribution in [0.1, 0.15) is 17.0 Å². The van der Waals surface area contributed by atoms with Gasteiger partial charge in [0.2, 0.25) is 0 Å². The fourth-order valence-electron chi connectivity index (χ4n) is 2.86. The Morgan fingerprint density at radius 2 is 1.32 bits per heavy atom. The molecule has 0 amide bonds. The molecule has 0 saturated carbocycles. The minimum Gasteiger partial charge on any atom is -0.309 e. The summed E-state index contributed by atoms with van der Waals surface area (Å²) in [5.74, 6) is 1.88. The SMILES string of the molecule is CN(C)C[C](c1ccccc1)C(CN(C)C)c1ccccc1. The third-order valence-corrected chi connectivity index (χ3v) is 3.80. The van der Waals surface area contributed by atoms with E-state index in [-0.39, 0.29) is 0 Å². The summed E-state index contributed by atoms with van der Waals surface area (Å²) in [5.41, 5.74) is 2.73. The predicted molar refractivity (Wildman–Crippen MR) is 95.1 cm³/mol. The smallest absolute Gasteiger partial charge is 0.0276 e. The summed E-state index contributed by atoms with van der Waals surface area (Å²) in [6.07, 6.45) is 0. The molecule has 1 radical (unpaired) electrons. The maximum absolute atomic E-state index is 2.27. The standard InChI is InChI=1S/C20H27N2/c1-21(2)15-19(17-11-7-5-8-12-17)20(16-22(3)4)18-13-9-6-10-14-18/h5-14,19H,15-16H2,1-4H3. The van der Waals surface area contributed by atoms with E-state index in [0.717, 1.165) is 13.1 Å². The molecule has 0 heterocycles. The molecule has 0 aliphatic rings. The first kappa shape index (κ1) is 16.7. The van der Waals surface area contributed by atoms with Crippen molar-refractivity contribution in [2.75, 3.05) is 41.3 Å². The fourth-order valence-corrected chi connectivity index (χ4v) is 2.86. The van der Waals surface area contributed by atoms with Crippen LogP contribution in [-0.4, -0.2) is 51.1 Å². The first-order valence-electron chi connectivity index (χ1n) is 7.83. The van der Waals surface area contributed by atoms with E-state index in [1.807, 2.05) is 0 Å². The number of rotatable bonds is 7. The zero-order valence-electron chi connectivity index (χ0n) is 14.2. The van der Waals surface area contributed by atoms with Crippen molar-refractivity contribution in [3.05, 3.63) is 77.7 Å². The van der Waals surface area contributed by atoms with Crippen molar-refractivity contribution in [1.29, 1.82) is 0 Å². The normalized spacial score (nSPS) is 13.0. The summed E-state index contributed by atoms with van der Waals surface area (Å²) in [6, 6.07) is 21.6. The van der Waals surface area contributed by atoms with Gasteiger partial charge < -0.3 is 9.80 Å². The van der Waals surface area contributed by atoms with E-state index in [1.165, 1.54) is 17.0 Å². The summed E-state index contributed by atoms with van der Waals surface area (Å²) in [4.78, 5) is 4.53. The van der Waals surface area contributed by atoms with Crippen LogP contribution in [0.15, 0.2) is 60.7 Å². The lowest BCUT2D eigenvalue weighted by atomic mass is 9.80. The molecular weight excluding hydrogens is 268 g/mol. The van der Waals surface area contributed by atoms with Crippen LogP contribution in [0.25, 0.3) is 0 Å². The van der Waals surface area contributed by atoms with Gasteiger partial charge in [-0.05, 0) is 39.3 Å². The van der Waals surface area contributed by atoms with E-state index in [0.29, 0.717) is 5.92 Å². The van der Waals surface area contributed by atoms with E-state index < -0.39 is 0 Å². The Balaban J connectivity index is 2.39. The van der Waals surface area contributed by atoms with Gasteiger partial charge in [-0.3, -0.25) is 0 Å². The molecule has 2 aromatic carbocycles. The van der Waals surface area contributed by atoms with E-state index >= 15 is 0 Å². The van der Waals surface area contributed by atoms with Gasteiger partial charge in [0.05, 0.1) is 0 Å². The monoisotopic (exact) mass is 295 g/mol. The molecule has 0 aliphatic carbocycles. The Morgan fingerprint density at radius 1 is 0.773 bits per heavy atom. The molecule has 0 bridgehead atoms. The largest absolute Gasteiger partial charge is 0.309 e. The molecule has 0 saturated heterocycles. The molecular formula is C20H27N2. The first-order valence-corrected chi connectivity index (χ1v) is 7.83. The average molecular weight is 295 g/mol. The molecule has 0 fully saturated rings. The molecule has 0 spiro atoms. The maximum atomic E-state index is 2.27. The number of hydrogen-bond acceptors (Lipinski definition) is 2. The second kappa shape index (κ2) is 8.11. The highest BCUT2D eigenvalue weighted by molar-refractivity contribution is 5.40. The molecule has 1 atom stereocenters. The van der Waals surface area contributed by atoms with Gasteiger partial charge >= 0.3 is 0 Å². The predicted octanol–water partition coefficient (Wildman–Crippen LogP) is 3.52. The molecule has 2 nitrogen and oxygen atoms in total. The molecule has 2 rings (SSSR count). The fraction of sp³-hybridized carbons (Fsp3) is 0.350. The van der Waals surface area contributed by atoms with Gasteiger partial charge in [-0.1, -0.05) is 60.7 Å². The van der Waals surface area contributed by atoms with Crippen LogP contribution in [0.5, 0.6) is 0 Å². The lowest BCUT2D eigenvalue weighted by Crippen LogP contribution is -2.31. The Hall–Kier alpha value is -1.64. The number of benzene rings is 2. The zero-order chi connectivity index (χ0) is 15.9. The van der Waals surface area contributed by atoms with Gasteiger partial charge in [0.25, 0.3) is 0 Å². The minimum atomic E-state index is 0.404. The van der Waals surface area contributed by atoms with Crippen molar-refractivity contribution in [1.82, 2.24) is 9.80 Å². The minimum absolute atomic E-state index is 0.404. The van der Waals surface area contributed by atoms with Crippen molar-refractivity contribution < 1.29 is 0 Å². The highest BCUT2D eigenvalue weighted by Crippen LogP contribution is 2.33. The van der Waals surface area contributed by atoms with Gasteiger partial charge in [0.15, 0.2) is 0 Å². The van der Waals surface area contributed by atoms with Crippen molar-refractivity contribution >= 4 is 0 Å². The summed E-state index contributed by atoms with van der Waals surface area (Å²) in [5, 5.41) is 0. The Labute approximate surface area is 135 Å². The van der Waals surface area contributed by atoms with Crippen LogP contribution >= 0.6 is 0 Å². The summed E-state index contributed by atoms with van der Waals surface area (Å²) in [6.45, 7) is 1.99. The first-order chi connectivity index (χ1) is 10.6. The summed E-state index contributed by atoms with van der Waals surface area (Å²) >= 11 is 0. The molecule has 2 heteroatoms. The van der Waals surface area contributed by atoms with Crippen molar-refractivity contribution in [2.45, 2.75) is 5.92 Å². The number of hydrogen-bond donors (Lipinski definition) is 0. The van der Waals surface area contributed by atoms with E-state index in [4.69, 9.17) is 0 Å². The number of likely N-dealkylation sites (N-methyl/N-ethyl adjacent to an activating group) is 2. The van der Waals surface area contributed by atoms with Crippen molar-refractivity contribution in [3.8, 4) is 0 Å². The molecule has 22 heavy (non-hydrogen) atoms. The third-order valence-electron chi connectivity index (χ3n) is 3.80. The van der Waals surface area contributed by atoms with Gasteiger partial charge in [0, 0.05) is 24.9 Å².